The Kier molecular flexibility index (Phi) is 2.93. The van der Waals surface area contributed by atoms with Crippen LogP contribution in [0.2, 0.25) is 5.02 Å². The zero-order chi connectivity index (χ0) is 13.2. The van der Waals surface area contributed by atoms with E-state index < -0.39 is 0 Å². The first-order valence-corrected chi connectivity index (χ1v) is 5.98. The molecule has 0 spiro atoms. The fraction of sp³-hybridized carbons (Fsp3) is 0. The second-order valence-corrected chi connectivity index (χ2v) is 4.44. The number of fused-ring (bicyclic) bond motifs is 1. The van der Waals surface area contributed by atoms with E-state index in [0.717, 1.165) is 11.1 Å². The fourth-order valence-corrected chi connectivity index (χ4v) is 2.01. The Bertz CT molecular complexity index is 765. The lowest BCUT2D eigenvalue weighted by molar-refractivity contribution is 0.322. The highest BCUT2D eigenvalue weighted by Crippen LogP contribution is 2.26. The van der Waals surface area contributed by atoms with Gasteiger partial charge in [0.2, 0.25) is 5.89 Å². The number of hydrogen-bond acceptors (Lipinski definition) is 4. The minimum Gasteiger partial charge on any atom is -0.436 e. The van der Waals surface area contributed by atoms with Gasteiger partial charge in [-0.2, -0.15) is 0 Å². The van der Waals surface area contributed by atoms with Gasteiger partial charge in [0, 0.05) is 10.6 Å². The van der Waals surface area contributed by atoms with E-state index in [9.17, 15) is 0 Å². The van der Waals surface area contributed by atoms with Crippen LogP contribution in [0.4, 0.5) is 0 Å². The van der Waals surface area contributed by atoms with Crippen molar-refractivity contribution in [1.29, 1.82) is 0 Å². The van der Waals surface area contributed by atoms with Crippen molar-refractivity contribution in [2.45, 2.75) is 0 Å². The number of aromatic nitrogens is 1. The zero-order valence-corrected chi connectivity index (χ0v) is 10.5. The highest BCUT2D eigenvalue weighted by Gasteiger charge is 2.08. The van der Waals surface area contributed by atoms with Gasteiger partial charge in [0.25, 0.3) is 0 Å². The van der Waals surface area contributed by atoms with E-state index in [0.29, 0.717) is 22.0 Å². The third-order valence-corrected chi connectivity index (χ3v) is 2.93. The van der Waals surface area contributed by atoms with Crippen LogP contribution in [0.3, 0.4) is 0 Å². The third kappa shape index (κ3) is 2.30. The molecule has 19 heavy (non-hydrogen) atoms. The summed E-state index contributed by atoms with van der Waals surface area (Å²) in [6, 6.07) is 12.7. The molecule has 0 radical (unpaired) electrons. The largest absolute Gasteiger partial charge is 0.436 e. The predicted octanol–water partition coefficient (Wildman–Crippen LogP) is 3.96. The summed E-state index contributed by atoms with van der Waals surface area (Å²) >= 11 is 5.91. The molecule has 0 aliphatic heterocycles. The van der Waals surface area contributed by atoms with Crippen molar-refractivity contribution in [2.24, 2.45) is 5.16 Å². The predicted molar refractivity (Wildman–Crippen MR) is 73.8 cm³/mol. The molecular weight excluding hydrogens is 264 g/mol. The van der Waals surface area contributed by atoms with Crippen LogP contribution in [0.1, 0.15) is 5.56 Å². The van der Waals surface area contributed by atoms with Crippen LogP contribution < -0.4 is 0 Å². The van der Waals surface area contributed by atoms with Crippen molar-refractivity contribution in [3.8, 4) is 11.5 Å². The summed E-state index contributed by atoms with van der Waals surface area (Å²) in [5.41, 5.74) is 2.97. The smallest absolute Gasteiger partial charge is 0.227 e. The summed E-state index contributed by atoms with van der Waals surface area (Å²) in [6.07, 6.45) is 1.35. The molecular formula is C14H9ClN2O2. The average Bonchev–Trinajstić information content (AvgIpc) is 2.82. The minimum atomic E-state index is 0.505. The molecule has 0 saturated carbocycles. The van der Waals surface area contributed by atoms with E-state index in [2.05, 4.69) is 10.1 Å². The van der Waals surface area contributed by atoms with Gasteiger partial charge in [-0.1, -0.05) is 28.9 Å². The molecule has 0 atom stereocenters. The number of hydrogen-bond donors (Lipinski definition) is 1. The molecule has 1 heterocycles. The Balaban J connectivity index is 2.10. The molecule has 3 aromatic rings. The third-order valence-electron chi connectivity index (χ3n) is 2.69. The Morgan fingerprint density at radius 3 is 2.95 bits per heavy atom. The molecule has 0 fully saturated rings. The van der Waals surface area contributed by atoms with Crippen LogP contribution in [-0.2, 0) is 0 Å². The molecule has 2 aromatic carbocycles. The van der Waals surface area contributed by atoms with Crippen LogP contribution in [0.15, 0.2) is 52.0 Å². The lowest BCUT2D eigenvalue weighted by Crippen LogP contribution is -1.83. The molecule has 5 heteroatoms. The van der Waals surface area contributed by atoms with E-state index in [-0.39, 0.29) is 0 Å². The van der Waals surface area contributed by atoms with Crippen molar-refractivity contribution in [3.05, 3.63) is 53.1 Å². The van der Waals surface area contributed by atoms with E-state index in [1.807, 2.05) is 24.3 Å². The van der Waals surface area contributed by atoms with Crippen LogP contribution in [0.25, 0.3) is 22.6 Å². The molecule has 1 aromatic heterocycles. The van der Waals surface area contributed by atoms with Crippen LogP contribution in [-0.4, -0.2) is 16.4 Å². The number of nitrogens with zero attached hydrogens (tertiary/aromatic N) is 2. The van der Waals surface area contributed by atoms with Gasteiger partial charge in [-0.15, -0.1) is 0 Å². The second-order valence-electron chi connectivity index (χ2n) is 4.00. The topological polar surface area (TPSA) is 58.6 Å². The highest BCUT2D eigenvalue weighted by molar-refractivity contribution is 6.31. The molecule has 0 unspecified atom stereocenters. The van der Waals surface area contributed by atoms with Crippen LogP contribution in [0.5, 0.6) is 0 Å². The molecule has 4 nitrogen and oxygen atoms in total. The maximum atomic E-state index is 8.54. The highest BCUT2D eigenvalue weighted by atomic mass is 35.5. The standard InChI is InChI=1S/C14H9ClN2O2/c15-11-4-5-13-12(7-11)17-14(19-13)10-3-1-2-9(6-10)8-16-18/h1-8,18H/b16-8-. The van der Waals surface area contributed by atoms with Crippen molar-refractivity contribution in [2.75, 3.05) is 0 Å². The summed E-state index contributed by atoms with van der Waals surface area (Å²) in [5.74, 6) is 0.505. The maximum absolute atomic E-state index is 8.54. The van der Waals surface area contributed by atoms with E-state index in [1.165, 1.54) is 6.21 Å². The first kappa shape index (κ1) is 11.7. The van der Waals surface area contributed by atoms with Gasteiger partial charge in [0.1, 0.15) is 5.52 Å². The minimum absolute atomic E-state index is 0.505. The van der Waals surface area contributed by atoms with Crippen LogP contribution >= 0.6 is 11.6 Å². The van der Waals surface area contributed by atoms with Crippen molar-refractivity contribution in [1.82, 2.24) is 4.98 Å². The summed E-state index contributed by atoms with van der Waals surface area (Å²) < 4.78 is 5.67. The van der Waals surface area contributed by atoms with Crippen LogP contribution in [0, 0.1) is 0 Å². The lowest BCUT2D eigenvalue weighted by Gasteiger charge is -1.96. The summed E-state index contributed by atoms with van der Waals surface area (Å²) in [7, 11) is 0. The van der Waals surface area contributed by atoms with E-state index >= 15 is 0 Å². The Labute approximate surface area is 113 Å². The molecule has 0 saturated heterocycles. The van der Waals surface area contributed by atoms with Crippen molar-refractivity contribution >= 4 is 28.9 Å². The fourth-order valence-electron chi connectivity index (χ4n) is 1.84. The van der Waals surface area contributed by atoms with Crippen molar-refractivity contribution in [3.63, 3.8) is 0 Å². The molecule has 1 N–H and O–H groups in total. The normalized spacial score (nSPS) is 11.4. The second kappa shape index (κ2) is 4.74. The van der Waals surface area contributed by atoms with Gasteiger partial charge in [0.05, 0.1) is 6.21 Å². The van der Waals surface area contributed by atoms with Gasteiger partial charge < -0.3 is 9.62 Å². The van der Waals surface area contributed by atoms with Gasteiger partial charge in [-0.3, -0.25) is 0 Å². The first-order chi connectivity index (χ1) is 9.26. The Morgan fingerprint density at radius 1 is 1.21 bits per heavy atom. The number of oxazole rings is 1. The Hall–Kier alpha value is -2.33. The van der Waals surface area contributed by atoms with Gasteiger partial charge in [-0.05, 0) is 35.9 Å². The van der Waals surface area contributed by atoms with E-state index in [4.69, 9.17) is 21.2 Å². The van der Waals surface area contributed by atoms with Gasteiger partial charge in [-0.25, -0.2) is 4.98 Å². The molecule has 0 aliphatic rings. The van der Waals surface area contributed by atoms with Crippen molar-refractivity contribution < 1.29 is 9.62 Å². The van der Waals surface area contributed by atoms with Gasteiger partial charge in [0.15, 0.2) is 5.58 Å². The summed E-state index contributed by atoms with van der Waals surface area (Å²) in [4.78, 5) is 4.39. The summed E-state index contributed by atoms with van der Waals surface area (Å²) in [6.45, 7) is 0. The number of halogens is 1. The SMILES string of the molecule is O/N=C\c1cccc(-c2nc3cc(Cl)ccc3o2)c1. The molecule has 3 rings (SSSR count). The molecule has 0 bridgehead atoms. The zero-order valence-electron chi connectivity index (χ0n) is 9.75. The Morgan fingerprint density at radius 2 is 2.11 bits per heavy atom. The molecule has 0 amide bonds. The maximum Gasteiger partial charge on any atom is 0.227 e. The molecule has 0 aliphatic carbocycles. The average molecular weight is 273 g/mol. The number of oxime groups is 1. The first-order valence-electron chi connectivity index (χ1n) is 5.60. The van der Waals surface area contributed by atoms with Gasteiger partial charge >= 0.3 is 0 Å². The molecule has 94 valence electrons. The summed E-state index contributed by atoms with van der Waals surface area (Å²) in [5, 5.41) is 12.2. The lowest BCUT2D eigenvalue weighted by atomic mass is 10.1. The number of benzene rings is 2. The monoisotopic (exact) mass is 272 g/mol. The van der Waals surface area contributed by atoms with E-state index in [1.54, 1.807) is 18.2 Å². The quantitative estimate of drug-likeness (QED) is 0.436. The number of rotatable bonds is 2.